The molecule has 2 saturated heterocycles. The highest BCUT2D eigenvalue weighted by atomic mass is 16.5. The second-order valence-corrected chi connectivity index (χ2v) is 9.19. The summed E-state index contributed by atoms with van der Waals surface area (Å²) in [6, 6.07) is 8.77. The number of hydrogen-bond donors (Lipinski definition) is 0. The molecule has 1 aromatic carbocycles. The summed E-state index contributed by atoms with van der Waals surface area (Å²) >= 11 is 0. The lowest BCUT2D eigenvalue weighted by Crippen LogP contribution is -2.40. The second kappa shape index (κ2) is 7.07. The third-order valence-electron chi connectivity index (χ3n) is 6.88. The van der Waals surface area contributed by atoms with Crippen LogP contribution in [-0.4, -0.2) is 18.3 Å². The molecule has 0 saturated carbocycles. The van der Waals surface area contributed by atoms with Gasteiger partial charge in [-0.3, -0.25) is 0 Å². The molecular formula is C24H30O4. The van der Waals surface area contributed by atoms with Gasteiger partial charge in [0.05, 0.1) is 11.7 Å². The van der Waals surface area contributed by atoms with Gasteiger partial charge in [-0.2, -0.15) is 0 Å². The van der Waals surface area contributed by atoms with Crippen LogP contribution in [-0.2, 0) is 4.74 Å². The van der Waals surface area contributed by atoms with Gasteiger partial charge in [0.25, 0.3) is 0 Å². The van der Waals surface area contributed by atoms with Gasteiger partial charge in [0.1, 0.15) is 17.9 Å². The van der Waals surface area contributed by atoms with Crippen LogP contribution in [0, 0.1) is 11.3 Å². The van der Waals surface area contributed by atoms with Crippen LogP contribution in [0.5, 0.6) is 5.75 Å². The minimum Gasteiger partial charge on any atom is -0.489 e. The van der Waals surface area contributed by atoms with Crippen molar-refractivity contribution in [3.05, 3.63) is 52.4 Å². The van der Waals surface area contributed by atoms with Gasteiger partial charge >= 0.3 is 5.63 Å². The maximum Gasteiger partial charge on any atom is 0.336 e. The van der Waals surface area contributed by atoms with E-state index in [1.165, 1.54) is 24.5 Å². The van der Waals surface area contributed by atoms with Crippen molar-refractivity contribution in [3.8, 4) is 5.75 Å². The Morgan fingerprint density at radius 3 is 2.79 bits per heavy atom. The first-order chi connectivity index (χ1) is 13.3. The van der Waals surface area contributed by atoms with E-state index in [9.17, 15) is 4.79 Å². The summed E-state index contributed by atoms with van der Waals surface area (Å²) < 4.78 is 17.4. The summed E-state index contributed by atoms with van der Waals surface area (Å²) in [4.78, 5) is 11.4. The number of fused-ring (bicyclic) bond motifs is 3. The number of ether oxygens (including phenoxy) is 2. The van der Waals surface area contributed by atoms with Gasteiger partial charge < -0.3 is 13.9 Å². The summed E-state index contributed by atoms with van der Waals surface area (Å²) in [5.41, 5.74) is 1.87. The van der Waals surface area contributed by atoms with Gasteiger partial charge in [0, 0.05) is 17.5 Å². The predicted octanol–water partition coefficient (Wildman–Crippen LogP) is 5.49. The maximum absolute atomic E-state index is 11.4. The average Bonchev–Trinajstić information content (AvgIpc) is 3.12. The first kappa shape index (κ1) is 19.3. The van der Waals surface area contributed by atoms with E-state index >= 15 is 0 Å². The van der Waals surface area contributed by atoms with Gasteiger partial charge in [-0.15, -0.1) is 0 Å². The van der Waals surface area contributed by atoms with Gasteiger partial charge in [-0.1, -0.05) is 19.4 Å². The summed E-state index contributed by atoms with van der Waals surface area (Å²) in [6.45, 7) is 9.72. The van der Waals surface area contributed by atoms with Crippen molar-refractivity contribution in [2.75, 3.05) is 6.61 Å². The standard InChI is InChI=1S/C24H30O4/c1-16(5-9-20-23(2,3)21-11-13-24(20,4)28-21)12-14-26-18-8-6-17-7-10-22(25)27-19(17)15-18/h6-8,10,12,15,20-21H,5,9,11,13-14H2,1-4H3/t20-,21+,24+/m0/s1. The van der Waals surface area contributed by atoms with E-state index in [0.717, 1.165) is 18.2 Å². The molecule has 0 N–H and O–H groups in total. The summed E-state index contributed by atoms with van der Waals surface area (Å²) in [7, 11) is 0. The van der Waals surface area contributed by atoms with Crippen LogP contribution in [0.4, 0.5) is 0 Å². The molecule has 2 aliphatic heterocycles. The Labute approximate surface area is 166 Å². The second-order valence-electron chi connectivity index (χ2n) is 9.19. The van der Waals surface area contributed by atoms with E-state index in [2.05, 4.69) is 33.8 Å². The highest BCUT2D eigenvalue weighted by Gasteiger charge is 2.60. The van der Waals surface area contributed by atoms with Crippen molar-refractivity contribution in [1.82, 2.24) is 0 Å². The lowest BCUT2D eigenvalue weighted by molar-refractivity contribution is 0.00469. The molecule has 0 unspecified atom stereocenters. The van der Waals surface area contributed by atoms with Crippen molar-refractivity contribution < 1.29 is 13.9 Å². The third kappa shape index (κ3) is 3.50. The van der Waals surface area contributed by atoms with E-state index in [-0.39, 0.29) is 16.6 Å². The fraction of sp³-hybridized carbons (Fsp3) is 0.542. The largest absolute Gasteiger partial charge is 0.489 e. The van der Waals surface area contributed by atoms with Crippen molar-refractivity contribution >= 4 is 11.0 Å². The molecule has 4 heteroatoms. The van der Waals surface area contributed by atoms with Crippen LogP contribution in [0.15, 0.2) is 51.2 Å². The van der Waals surface area contributed by atoms with Crippen molar-refractivity contribution in [1.29, 1.82) is 0 Å². The molecule has 2 bridgehead atoms. The Balaban J connectivity index is 1.33. The molecule has 0 amide bonds. The molecule has 0 aliphatic carbocycles. The normalized spacial score (nSPS) is 28.8. The molecule has 3 atom stereocenters. The maximum atomic E-state index is 11.4. The summed E-state index contributed by atoms with van der Waals surface area (Å²) in [5, 5.41) is 0.892. The smallest absolute Gasteiger partial charge is 0.336 e. The molecule has 2 aromatic rings. The lowest BCUT2D eigenvalue weighted by Gasteiger charge is -2.39. The van der Waals surface area contributed by atoms with E-state index in [4.69, 9.17) is 13.9 Å². The van der Waals surface area contributed by atoms with Crippen molar-refractivity contribution in [3.63, 3.8) is 0 Å². The van der Waals surface area contributed by atoms with Gasteiger partial charge in [0.15, 0.2) is 0 Å². The fourth-order valence-corrected chi connectivity index (χ4v) is 5.21. The summed E-state index contributed by atoms with van der Waals surface area (Å²) in [5.74, 6) is 1.31. The van der Waals surface area contributed by atoms with Gasteiger partial charge in [-0.25, -0.2) is 4.79 Å². The minimum atomic E-state index is -0.346. The zero-order valence-corrected chi connectivity index (χ0v) is 17.3. The highest BCUT2D eigenvalue weighted by Crippen LogP contribution is 2.59. The Morgan fingerprint density at radius 2 is 2.04 bits per heavy atom. The van der Waals surface area contributed by atoms with Crippen LogP contribution in [0.25, 0.3) is 11.0 Å². The Kier molecular flexibility index (Phi) is 4.86. The molecule has 2 aliphatic rings. The quantitative estimate of drug-likeness (QED) is 0.489. The monoisotopic (exact) mass is 382 g/mol. The van der Waals surface area contributed by atoms with E-state index in [1.54, 1.807) is 12.1 Å². The Hall–Kier alpha value is -2.07. The summed E-state index contributed by atoms with van der Waals surface area (Å²) in [6.07, 6.45) is 7.18. The van der Waals surface area contributed by atoms with Gasteiger partial charge in [-0.05, 0) is 75.1 Å². The van der Waals surface area contributed by atoms with Crippen molar-refractivity contribution in [2.45, 2.75) is 65.1 Å². The van der Waals surface area contributed by atoms with Crippen LogP contribution < -0.4 is 10.4 Å². The molecule has 150 valence electrons. The Morgan fingerprint density at radius 1 is 1.25 bits per heavy atom. The number of benzene rings is 1. The molecule has 4 nitrogen and oxygen atoms in total. The number of allylic oxidation sites excluding steroid dienone is 1. The zero-order valence-electron chi connectivity index (χ0n) is 17.3. The topological polar surface area (TPSA) is 48.7 Å². The van der Waals surface area contributed by atoms with Gasteiger partial charge in [0.2, 0.25) is 0 Å². The molecular weight excluding hydrogens is 352 g/mol. The molecule has 2 fully saturated rings. The van der Waals surface area contributed by atoms with Crippen molar-refractivity contribution in [2.24, 2.45) is 11.3 Å². The molecule has 28 heavy (non-hydrogen) atoms. The molecule has 3 heterocycles. The van der Waals surface area contributed by atoms with E-state index in [0.29, 0.717) is 30.0 Å². The average molecular weight is 383 g/mol. The zero-order chi connectivity index (χ0) is 19.9. The fourth-order valence-electron chi connectivity index (χ4n) is 5.21. The number of hydrogen-bond acceptors (Lipinski definition) is 4. The van der Waals surface area contributed by atoms with Crippen LogP contribution in [0.2, 0.25) is 0 Å². The molecule has 0 spiro atoms. The molecule has 1 aromatic heterocycles. The van der Waals surface area contributed by atoms with E-state index < -0.39 is 0 Å². The van der Waals surface area contributed by atoms with Crippen LogP contribution >= 0.6 is 0 Å². The molecule has 4 rings (SSSR count). The SMILES string of the molecule is CC(=CCOc1ccc2ccc(=O)oc2c1)CC[C@H]1C(C)(C)[C@H]2CC[C@@]1(C)O2. The lowest BCUT2D eigenvalue weighted by atomic mass is 9.62. The first-order valence-electron chi connectivity index (χ1n) is 10.3. The first-order valence-corrected chi connectivity index (χ1v) is 10.3. The Bertz CT molecular complexity index is 950. The number of rotatable bonds is 6. The predicted molar refractivity (Wildman–Crippen MR) is 111 cm³/mol. The third-order valence-corrected chi connectivity index (χ3v) is 6.88. The van der Waals surface area contributed by atoms with E-state index in [1.807, 2.05) is 12.1 Å². The van der Waals surface area contributed by atoms with Crippen LogP contribution in [0.3, 0.4) is 0 Å². The highest BCUT2D eigenvalue weighted by molar-refractivity contribution is 5.77. The van der Waals surface area contributed by atoms with Crippen LogP contribution in [0.1, 0.15) is 53.4 Å². The molecule has 0 radical (unpaired) electrons. The minimum absolute atomic E-state index is 0.0555.